The molecule has 3 rings (SSSR count). The molecular formula is C19H27N3O4S. The highest BCUT2D eigenvalue weighted by Gasteiger charge is 2.41. The highest BCUT2D eigenvalue weighted by atomic mass is 32.2. The van der Waals surface area contributed by atoms with E-state index in [2.05, 4.69) is 10.6 Å². The molecule has 0 radical (unpaired) electrons. The molecule has 1 aliphatic heterocycles. The normalized spacial score (nSPS) is 18.9. The summed E-state index contributed by atoms with van der Waals surface area (Å²) in [7, 11) is -3.12. The van der Waals surface area contributed by atoms with Gasteiger partial charge in [-0.3, -0.25) is 9.59 Å². The Kier molecular flexibility index (Phi) is 5.86. The lowest BCUT2D eigenvalue weighted by molar-refractivity contribution is -0.136. The molecule has 2 aliphatic rings. The summed E-state index contributed by atoms with van der Waals surface area (Å²) >= 11 is 0. The monoisotopic (exact) mass is 393 g/mol. The van der Waals surface area contributed by atoms with Crippen LogP contribution >= 0.6 is 0 Å². The molecule has 8 heteroatoms. The van der Waals surface area contributed by atoms with E-state index in [-0.39, 0.29) is 11.2 Å². The van der Waals surface area contributed by atoms with Crippen molar-refractivity contribution in [2.24, 2.45) is 5.92 Å². The second-order valence-electron chi connectivity index (χ2n) is 7.57. The van der Waals surface area contributed by atoms with Gasteiger partial charge in [-0.1, -0.05) is 12.1 Å². The first-order valence-electron chi connectivity index (χ1n) is 9.43. The molecule has 27 heavy (non-hydrogen) atoms. The van der Waals surface area contributed by atoms with Gasteiger partial charge in [-0.05, 0) is 62.6 Å². The van der Waals surface area contributed by atoms with Crippen LogP contribution in [-0.2, 0) is 19.6 Å². The summed E-state index contributed by atoms with van der Waals surface area (Å²) in [6.45, 7) is 5.17. The lowest BCUT2D eigenvalue weighted by atomic mass is 9.98. The van der Waals surface area contributed by atoms with Gasteiger partial charge in [0.1, 0.15) is 0 Å². The van der Waals surface area contributed by atoms with Crippen molar-refractivity contribution in [3.8, 4) is 0 Å². The third-order valence-electron chi connectivity index (χ3n) is 5.28. The fourth-order valence-corrected chi connectivity index (χ4v) is 5.18. The minimum Gasteiger partial charge on any atom is -0.348 e. The molecule has 0 spiro atoms. The van der Waals surface area contributed by atoms with Crippen LogP contribution in [0.5, 0.6) is 0 Å². The van der Waals surface area contributed by atoms with Gasteiger partial charge in [0.2, 0.25) is 10.0 Å². The highest BCUT2D eigenvalue weighted by Crippen LogP contribution is 2.33. The first-order chi connectivity index (χ1) is 12.8. The van der Waals surface area contributed by atoms with Crippen molar-refractivity contribution in [2.75, 3.05) is 25.0 Å². The maximum absolute atomic E-state index is 12.2. The lowest BCUT2D eigenvalue weighted by Crippen LogP contribution is -2.44. The summed E-state index contributed by atoms with van der Waals surface area (Å²) in [5.41, 5.74) is 2.53. The minimum absolute atomic E-state index is 0.178. The topological polar surface area (TPSA) is 95.6 Å². The largest absolute Gasteiger partial charge is 0.348 e. The van der Waals surface area contributed by atoms with Crippen LogP contribution in [0.3, 0.4) is 0 Å². The summed E-state index contributed by atoms with van der Waals surface area (Å²) in [5, 5.41) is 5.14. The summed E-state index contributed by atoms with van der Waals surface area (Å²) in [6, 6.07) is 5.67. The molecule has 7 nitrogen and oxygen atoms in total. The van der Waals surface area contributed by atoms with Gasteiger partial charge in [0, 0.05) is 25.3 Å². The van der Waals surface area contributed by atoms with Gasteiger partial charge in [-0.2, -0.15) is 0 Å². The number of amides is 2. The van der Waals surface area contributed by atoms with Gasteiger partial charge in [0.15, 0.2) is 0 Å². The zero-order chi connectivity index (χ0) is 19.6. The second-order valence-corrected chi connectivity index (χ2v) is 9.78. The predicted octanol–water partition coefficient (Wildman–Crippen LogP) is 1.56. The molecule has 1 saturated heterocycles. The van der Waals surface area contributed by atoms with Crippen molar-refractivity contribution < 1.29 is 18.0 Å². The highest BCUT2D eigenvalue weighted by molar-refractivity contribution is 7.90. The van der Waals surface area contributed by atoms with Crippen LogP contribution in [0.25, 0.3) is 0 Å². The molecule has 0 unspecified atom stereocenters. The molecule has 1 heterocycles. The number of benzene rings is 1. The maximum atomic E-state index is 12.2. The Morgan fingerprint density at radius 1 is 1.07 bits per heavy atom. The summed E-state index contributed by atoms with van der Waals surface area (Å²) in [4.78, 5) is 24.2. The van der Waals surface area contributed by atoms with E-state index in [9.17, 15) is 18.0 Å². The first-order valence-corrected chi connectivity index (χ1v) is 10.9. The third-order valence-corrected chi connectivity index (χ3v) is 7.68. The Hall–Kier alpha value is -1.93. The van der Waals surface area contributed by atoms with Crippen molar-refractivity contribution in [2.45, 2.75) is 44.8 Å². The lowest BCUT2D eigenvalue weighted by Gasteiger charge is -2.31. The van der Waals surface area contributed by atoms with Gasteiger partial charge in [0.25, 0.3) is 0 Å². The van der Waals surface area contributed by atoms with Crippen LogP contribution in [-0.4, -0.2) is 49.4 Å². The van der Waals surface area contributed by atoms with Crippen LogP contribution in [0.2, 0.25) is 0 Å². The number of hydrogen-bond acceptors (Lipinski definition) is 4. The van der Waals surface area contributed by atoms with Crippen molar-refractivity contribution >= 4 is 27.5 Å². The van der Waals surface area contributed by atoms with Crippen molar-refractivity contribution in [1.82, 2.24) is 9.62 Å². The smallest absolute Gasteiger partial charge is 0.313 e. The Labute approximate surface area is 160 Å². The van der Waals surface area contributed by atoms with Crippen LogP contribution < -0.4 is 10.6 Å². The Morgan fingerprint density at radius 3 is 2.37 bits per heavy atom. The Morgan fingerprint density at radius 2 is 1.74 bits per heavy atom. The molecule has 148 valence electrons. The maximum Gasteiger partial charge on any atom is 0.313 e. The first kappa shape index (κ1) is 19.8. The van der Waals surface area contributed by atoms with Gasteiger partial charge in [-0.15, -0.1) is 0 Å². The zero-order valence-electron chi connectivity index (χ0n) is 15.8. The number of nitrogens with zero attached hydrogens (tertiary/aromatic N) is 1. The quantitative estimate of drug-likeness (QED) is 0.742. The van der Waals surface area contributed by atoms with E-state index >= 15 is 0 Å². The fourth-order valence-electron chi connectivity index (χ4n) is 3.31. The van der Waals surface area contributed by atoms with Gasteiger partial charge in [-0.25, -0.2) is 12.7 Å². The average molecular weight is 394 g/mol. The molecule has 2 N–H and O–H groups in total. The number of sulfonamides is 1. The molecule has 0 aromatic heterocycles. The minimum atomic E-state index is -3.12. The van der Waals surface area contributed by atoms with E-state index in [1.807, 2.05) is 32.0 Å². The summed E-state index contributed by atoms with van der Waals surface area (Å²) in [5.74, 6) is -1.16. The van der Waals surface area contributed by atoms with E-state index in [4.69, 9.17) is 0 Å². The van der Waals surface area contributed by atoms with Crippen LogP contribution in [0, 0.1) is 19.8 Å². The van der Waals surface area contributed by atoms with Crippen LogP contribution in [0.1, 0.15) is 36.8 Å². The molecule has 1 saturated carbocycles. The van der Waals surface area contributed by atoms with E-state index in [1.165, 1.54) is 0 Å². The van der Waals surface area contributed by atoms with Gasteiger partial charge in [0.05, 0.1) is 5.25 Å². The number of aryl methyl sites for hydroxylation is 2. The standard InChI is InChI=1S/C19H27N3O4S/c1-13-3-4-14(2)17(11-13)21-19(24)18(23)20-12-15-7-9-22(10-8-15)27(25,26)16-5-6-16/h3-4,11,15-16H,5-10,12H2,1-2H3,(H,20,23)(H,21,24). The summed E-state index contributed by atoms with van der Waals surface area (Å²) in [6.07, 6.45) is 2.94. The number of carbonyl (C=O) groups excluding carboxylic acids is 2. The third kappa shape index (κ3) is 4.87. The molecule has 0 atom stereocenters. The fraction of sp³-hybridized carbons (Fsp3) is 0.579. The molecule has 1 aliphatic carbocycles. The van der Waals surface area contributed by atoms with Gasteiger partial charge >= 0.3 is 11.8 Å². The van der Waals surface area contributed by atoms with Gasteiger partial charge < -0.3 is 10.6 Å². The Bertz CT molecular complexity index is 825. The SMILES string of the molecule is Cc1ccc(C)c(NC(=O)C(=O)NCC2CCN(S(=O)(=O)C3CC3)CC2)c1. The van der Waals surface area contributed by atoms with Crippen molar-refractivity contribution in [1.29, 1.82) is 0 Å². The summed E-state index contributed by atoms with van der Waals surface area (Å²) < 4.78 is 26.1. The van der Waals surface area contributed by atoms with E-state index < -0.39 is 21.8 Å². The van der Waals surface area contributed by atoms with E-state index in [1.54, 1.807) is 4.31 Å². The van der Waals surface area contributed by atoms with Crippen molar-refractivity contribution in [3.05, 3.63) is 29.3 Å². The average Bonchev–Trinajstić information content (AvgIpc) is 3.48. The van der Waals surface area contributed by atoms with E-state index in [0.29, 0.717) is 38.2 Å². The Balaban J connectivity index is 1.44. The molecule has 0 bridgehead atoms. The number of carbonyl (C=O) groups is 2. The zero-order valence-corrected chi connectivity index (χ0v) is 16.6. The van der Waals surface area contributed by atoms with Crippen molar-refractivity contribution in [3.63, 3.8) is 0 Å². The second kappa shape index (κ2) is 7.98. The van der Waals surface area contributed by atoms with Crippen LogP contribution in [0.15, 0.2) is 18.2 Å². The predicted molar refractivity (Wildman–Crippen MR) is 104 cm³/mol. The molecule has 2 amide bonds. The number of nitrogens with one attached hydrogen (secondary N) is 2. The number of anilines is 1. The number of piperidine rings is 1. The number of rotatable bonds is 5. The van der Waals surface area contributed by atoms with E-state index in [0.717, 1.165) is 24.0 Å². The molecular weight excluding hydrogens is 366 g/mol. The molecule has 2 fully saturated rings. The molecule has 1 aromatic carbocycles. The molecule has 1 aromatic rings. The van der Waals surface area contributed by atoms with Crippen LogP contribution in [0.4, 0.5) is 5.69 Å². The number of hydrogen-bond donors (Lipinski definition) is 2.